The van der Waals surface area contributed by atoms with E-state index in [0.717, 1.165) is 25.0 Å². The van der Waals surface area contributed by atoms with Gasteiger partial charge in [0.25, 0.3) is 5.92 Å². The van der Waals surface area contributed by atoms with Crippen molar-refractivity contribution in [1.29, 1.82) is 0 Å². The number of thiazole rings is 1. The predicted octanol–water partition coefficient (Wildman–Crippen LogP) is 4.70. The molecule has 6 rings (SSSR count). The first-order chi connectivity index (χ1) is 17.0. The first-order valence-corrected chi connectivity index (χ1v) is 12.9. The van der Waals surface area contributed by atoms with Crippen molar-refractivity contribution in [2.45, 2.75) is 69.2 Å². The third-order valence-corrected chi connectivity index (χ3v) is 7.82. The number of nitrogens with zero attached hydrogens (tertiary/aromatic N) is 5. The average Bonchev–Trinajstić information content (AvgIpc) is 3.63. The number of alkyl halides is 2. The van der Waals surface area contributed by atoms with Crippen LogP contribution in [0.4, 0.5) is 31.5 Å². The highest BCUT2D eigenvalue weighted by atomic mass is 32.1. The van der Waals surface area contributed by atoms with Gasteiger partial charge in [-0.1, -0.05) is 12.8 Å². The quantitative estimate of drug-likeness (QED) is 0.450. The van der Waals surface area contributed by atoms with Crippen LogP contribution in [0.25, 0.3) is 0 Å². The van der Waals surface area contributed by atoms with Crippen molar-refractivity contribution in [2.75, 3.05) is 22.1 Å². The lowest BCUT2D eigenvalue weighted by Crippen LogP contribution is -2.40. The first-order valence-electron chi connectivity index (χ1n) is 12.1. The summed E-state index contributed by atoms with van der Waals surface area (Å²) >= 11 is 1.34. The van der Waals surface area contributed by atoms with Gasteiger partial charge >= 0.3 is 0 Å². The molecule has 12 heteroatoms. The molecule has 0 radical (unpaired) electrons. The number of aromatic amines is 1. The van der Waals surface area contributed by atoms with E-state index < -0.39 is 12.0 Å². The van der Waals surface area contributed by atoms with Crippen LogP contribution in [0, 0.1) is 0 Å². The lowest BCUT2D eigenvalue weighted by molar-refractivity contribution is -0.117. The van der Waals surface area contributed by atoms with E-state index in [0.29, 0.717) is 35.5 Å². The molecule has 1 atom stereocenters. The number of amides is 1. The topological polar surface area (TPSA) is 112 Å². The van der Waals surface area contributed by atoms with Gasteiger partial charge in [-0.3, -0.25) is 9.89 Å². The van der Waals surface area contributed by atoms with Crippen LogP contribution in [0.3, 0.4) is 0 Å². The molecular weight excluding hydrogens is 474 g/mol. The van der Waals surface area contributed by atoms with E-state index in [1.165, 1.54) is 24.2 Å². The monoisotopic (exact) mass is 500 g/mol. The van der Waals surface area contributed by atoms with Crippen LogP contribution in [-0.2, 0) is 17.1 Å². The number of aryl methyl sites for hydroxylation is 1. The van der Waals surface area contributed by atoms with E-state index in [-0.39, 0.29) is 36.1 Å². The number of carbonyl (C=O) groups excluding carboxylic acids is 1. The highest BCUT2D eigenvalue weighted by molar-refractivity contribution is 7.13. The summed E-state index contributed by atoms with van der Waals surface area (Å²) in [5, 5.41) is 15.6. The van der Waals surface area contributed by atoms with Crippen LogP contribution in [0.2, 0.25) is 0 Å². The Morgan fingerprint density at radius 3 is 2.86 bits per heavy atom. The number of anilines is 4. The van der Waals surface area contributed by atoms with Crippen molar-refractivity contribution in [2.24, 2.45) is 0 Å². The zero-order chi connectivity index (χ0) is 24.0. The molecule has 0 spiro atoms. The van der Waals surface area contributed by atoms with Crippen molar-refractivity contribution < 1.29 is 13.6 Å². The SMILES string of the molecule is O=C(Nc1nccs1)[C@@H]1CCCN1c1nc2c(c(Nc3cc(C4CCCC4)[nH]n3)n1)C(F)(F)CC2. The smallest absolute Gasteiger partial charge is 0.278 e. The van der Waals surface area contributed by atoms with E-state index in [9.17, 15) is 13.6 Å². The minimum Gasteiger partial charge on any atom is -0.329 e. The van der Waals surface area contributed by atoms with Gasteiger partial charge < -0.3 is 15.5 Å². The Balaban J connectivity index is 1.30. The van der Waals surface area contributed by atoms with Gasteiger partial charge in [0.2, 0.25) is 11.9 Å². The van der Waals surface area contributed by atoms with Gasteiger partial charge in [0.1, 0.15) is 11.9 Å². The van der Waals surface area contributed by atoms with Gasteiger partial charge in [0.15, 0.2) is 10.9 Å². The number of hydrogen-bond acceptors (Lipinski definition) is 8. The van der Waals surface area contributed by atoms with E-state index in [1.807, 2.05) is 6.07 Å². The average molecular weight is 501 g/mol. The summed E-state index contributed by atoms with van der Waals surface area (Å²) in [4.78, 5) is 27.9. The van der Waals surface area contributed by atoms with Gasteiger partial charge in [0, 0.05) is 42.2 Å². The molecular formula is C23H26F2N8OS. The van der Waals surface area contributed by atoms with Crippen molar-refractivity contribution in [3.63, 3.8) is 0 Å². The molecule has 0 aromatic carbocycles. The van der Waals surface area contributed by atoms with Crippen LogP contribution in [0.15, 0.2) is 17.6 Å². The molecule has 1 saturated heterocycles. The molecule has 1 amide bonds. The van der Waals surface area contributed by atoms with Gasteiger partial charge in [-0.15, -0.1) is 11.3 Å². The fraction of sp³-hybridized carbons (Fsp3) is 0.522. The highest BCUT2D eigenvalue weighted by Gasteiger charge is 2.45. The Morgan fingerprint density at radius 2 is 2.06 bits per heavy atom. The molecule has 3 aromatic rings. The molecule has 0 unspecified atom stereocenters. The summed E-state index contributed by atoms with van der Waals surface area (Å²) in [6.45, 7) is 0.568. The Hall–Kier alpha value is -3.15. The van der Waals surface area contributed by atoms with Crippen molar-refractivity contribution in [3.05, 3.63) is 34.6 Å². The summed E-state index contributed by atoms with van der Waals surface area (Å²) in [5.41, 5.74) is 1.16. The number of halogens is 2. The lowest BCUT2D eigenvalue weighted by Gasteiger charge is -2.25. The molecule has 1 aliphatic heterocycles. The summed E-state index contributed by atoms with van der Waals surface area (Å²) in [6.07, 6.45) is 7.46. The number of fused-ring (bicyclic) bond motifs is 1. The number of aromatic nitrogens is 5. The van der Waals surface area contributed by atoms with Crippen LogP contribution in [0.5, 0.6) is 0 Å². The maximum Gasteiger partial charge on any atom is 0.278 e. The lowest BCUT2D eigenvalue weighted by atomic mass is 10.0. The molecule has 3 N–H and O–H groups in total. The van der Waals surface area contributed by atoms with Crippen LogP contribution < -0.4 is 15.5 Å². The fourth-order valence-corrected chi connectivity index (χ4v) is 5.93. The second kappa shape index (κ2) is 8.81. The molecule has 1 saturated carbocycles. The van der Waals surface area contributed by atoms with Crippen molar-refractivity contribution >= 4 is 40.0 Å². The van der Waals surface area contributed by atoms with Crippen LogP contribution in [-0.4, -0.2) is 43.6 Å². The van der Waals surface area contributed by atoms with Gasteiger partial charge in [0.05, 0.1) is 11.3 Å². The zero-order valence-corrected chi connectivity index (χ0v) is 19.9. The van der Waals surface area contributed by atoms with Crippen LogP contribution >= 0.6 is 11.3 Å². The van der Waals surface area contributed by atoms with E-state index in [4.69, 9.17) is 0 Å². The van der Waals surface area contributed by atoms with Crippen molar-refractivity contribution in [3.8, 4) is 0 Å². The zero-order valence-electron chi connectivity index (χ0n) is 19.1. The minimum absolute atomic E-state index is 0.0583. The van der Waals surface area contributed by atoms with E-state index >= 15 is 0 Å². The molecule has 4 heterocycles. The minimum atomic E-state index is -3.02. The largest absolute Gasteiger partial charge is 0.329 e. The molecule has 3 aliphatic rings. The third-order valence-electron chi connectivity index (χ3n) is 7.13. The maximum absolute atomic E-state index is 14.8. The number of carbonyl (C=O) groups is 1. The molecule has 2 aliphatic carbocycles. The summed E-state index contributed by atoms with van der Waals surface area (Å²) in [7, 11) is 0. The Kier molecular flexibility index (Phi) is 5.62. The first kappa shape index (κ1) is 22.3. The molecule has 0 bridgehead atoms. The van der Waals surface area contributed by atoms with Crippen LogP contribution in [0.1, 0.15) is 67.8 Å². The molecule has 3 aromatic heterocycles. The molecule has 2 fully saturated rings. The summed E-state index contributed by atoms with van der Waals surface area (Å²) < 4.78 is 29.7. The third kappa shape index (κ3) is 4.24. The second-order valence-corrected chi connectivity index (χ2v) is 10.3. The number of nitrogens with one attached hydrogen (secondary N) is 3. The van der Waals surface area contributed by atoms with Crippen molar-refractivity contribution in [1.82, 2.24) is 25.1 Å². The normalized spacial score (nSPS) is 21.4. The second-order valence-electron chi connectivity index (χ2n) is 9.39. The number of H-pyrrole nitrogens is 1. The van der Waals surface area contributed by atoms with Gasteiger partial charge in [-0.05, 0) is 32.1 Å². The Labute approximate surface area is 204 Å². The summed E-state index contributed by atoms with van der Waals surface area (Å²) in [6, 6.07) is 1.39. The maximum atomic E-state index is 14.8. The highest BCUT2D eigenvalue weighted by Crippen LogP contribution is 2.46. The Morgan fingerprint density at radius 1 is 1.20 bits per heavy atom. The fourth-order valence-electron chi connectivity index (χ4n) is 5.40. The molecule has 9 nitrogen and oxygen atoms in total. The van der Waals surface area contributed by atoms with E-state index in [2.05, 4.69) is 35.8 Å². The number of hydrogen-bond donors (Lipinski definition) is 3. The molecule has 184 valence electrons. The molecule has 35 heavy (non-hydrogen) atoms. The predicted molar refractivity (Wildman–Crippen MR) is 128 cm³/mol. The van der Waals surface area contributed by atoms with Gasteiger partial charge in [-0.2, -0.15) is 10.1 Å². The van der Waals surface area contributed by atoms with E-state index in [1.54, 1.807) is 16.5 Å². The Bertz CT molecular complexity index is 1220. The number of rotatable bonds is 6. The van der Waals surface area contributed by atoms with Gasteiger partial charge in [-0.25, -0.2) is 18.7 Å². The standard InChI is InChI=1S/C23H26F2N8OS/c24-23(25)8-7-14-18(23)19(28-17-12-15(31-32-17)13-4-1-2-5-13)29-21(27-14)33-10-3-6-16(33)20(34)30-22-26-9-11-35-22/h9,11-13,16H,1-8,10H2,(H,26,30,34)(H2,27,28,29,31,32)/t16-/m0/s1. The summed E-state index contributed by atoms with van der Waals surface area (Å²) in [5.74, 6) is -1.99.